The number of hydrogen-bond donors (Lipinski definition) is 2. The molecular weight excluding hydrogens is 573 g/mol. The van der Waals surface area contributed by atoms with Crippen LogP contribution < -0.4 is 10.2 Å². The molecule has 4 heterocycles. The van der Waals surface area contributed by atoms with Gasteiger partial charge in [0.15, 0.2) is 5.78 Å². The van der Waals surface area contributed by atoms with Crippen molar-refractivity contribution in [2.24, 2.45) is 5.92 Å². The minimum atomic E-state index is -4.71. The highest BCUT2D eigenvalue weighted by molar-refractivity contribution is 7.13. The van der Waals surface area contributed by atoms with E-state index in [1.54, 1.807) is 13.0 Å². The average Bonchev–Trinajstić information content (AvgIpc) is 3.40. The first kappa shape index (κ1) is 29.3. The Kier molecular flexibility index (Phi) is 8.98. The number of anilines is 2. The molecule has 10 nitrogen and oxygen atoms in total. The molecule has 2 N–H and O–H groups in total. The van der Waals surface area contributed by atoms with Crippen LogP contribution in [-0.4, -0.2) is 55.8 Å². The summed E-state index contributed by atoms with van der Waals surface area (Å²) >= 11 is 6.58. The Morgan fingerprint density at radius 3 is 2.55 bits per heavy atom. The predicted molar refractivity (Wildman–Crippen MR) is 141 cm³/mol. The van der Waals surface area contributed by atoms with Gasteiger partial charge in [-0.15, -0.1) is 11.3 Å². The Labute approximate surface area is 235 Å². The van der Waals surface area contributed by atoms with Gasteiger partial charge < -0.3 is 15.3 Å². The maximum Gasteiger partial charge on any atom is 0.418 e. The van der Waals surface area contributed by atoms with Crippen molar-refractivity contribution >= 4 is 52.2 Å². The fourth-order valence-electron chi connectivity index (χ4n) is 4.28. The Morgan fingerprint density at radius 1 is 1.15 bits per heavy atom. The molecule has 1 atom stereocenters. The quantitative estimate of drug-likeness (QED) is 0.314. The predicted octanol–water partition coefficient (Wildman–Crippen LogP) is 5.32. The summed E-state index contributed by atoms with van der Waals surface area (Å²) in [6.07, 6.45) is 0.331. The van der Waals surface area contributed by atoms with E-state index in [-0.39, 0.29) is 46.8 Å². The standard InChI is InChI=1S/C25H24ClF3N6O4S/c1-13(6-18(36)17-9-21(33-12-32-17)35-4-2-14(3-5-35)7-22(37)38)24-31-11-19(40-24)23(39)34-20-8-15(25(27,28)29)16(26)10-30-20/h8-14H,2-7H2,1H3,(H,37,38)(H,30,34,39)/t13-/m0/s1. The minimum absolute atomic E-state index is 0.0550. The molecule has 1 fully saturated rings. The number of aromatic nitrogens is 4. The number of hydrogen-bond acceptors (Lipinski definition) is 9. The molecule has 212 valence electrons. The van der Waals surface area contributed by atoms with E-state index in [1.807, 2.05) is 4.90 Å². The van der Waals surface area contributed by atoms with Gasteiger partial charge in [-0.05, 0) is 24.8 Å². The molecule has 3 aromatic rings. The Morgan fingerprint density at radius 2 is 1.88 bits per heavy atom. The van der Waals surface area contributed by atoms with Gasteiger partial charge in [-0.3, -0.25) is 14.4 Å². The second-order valence-corrected chi connectivity index (χ2v) is 10.9. The zero-order chi connectivity index (χ0) is 29.0. The second-order valence-electron chi connectivity index (χ2n) is 9.38. The molecule has 4 rings (SSSR count). The molecule has 0 unspecified atom stereocenters. The van der Waals surface area contributed by atoms with Crippen LogP contribution in [0.15, 0.2) is 30.9 Å². The third kappa shape index (κ3) is 7.30. The highest BCUT2D eigenvalue weighted by Gasteiger charge is 2.34. The number of pyridine rings is 1. The molecule has 1 amide bonds. The molecular formula is C25H24ClF3N6O4S. The number of carbonyl (C=O) groups is 3. The number of Topliss-reactive ketones (excluding diaryl/α,β-unsaturated/α-hetero) is 1. The number of piperidine rings is 1. The van der Waals surface area contributed by atoms with Crippen LogP contribution in [0.2, 0.25) is 5.02 Å². The van der Waals surface area contributed by atoms with Gasteiger partial charge in [0.1, 0.15) is 28.5 Å². The number of ketones is 1. The third-order valence-electron chi connectivity index (χ3n) is 6.40. The van der Waals surface area contributed by atoms with E-state index in [0.717, 1.165) is 17.5 Å². The molecule has 15 heteroatoms. The van der Waals surface area contributed by atoms with Gasteiger partial charge in [0.25, 0.3) is 5.91 Å². The van der Waals surface area contributed by atoms with Crippen molar-refractivity contribution in [2.45, 2.75) is 44.7 Å². The molecule has 0 bridgehead atoms. The Balaban J connectivity index is 1.36. The van der Waals surface area contributed by atoms with Gasteiger partial charge in [0.05, 0.1) is 21.8 Å². The van der Waals surface area contributed by atoms with Crippen LogP contribution in [0.25, 0.3) is 0 Å². The molecule has 1 aliphatic rings. The molecule has 3 aromatic heterocycles. The Bertz CT molecular complexity index is 1410. The van der Waals surface area contributed by atoms with Crippen molar-refractivity contribution in [3.8, 4) is 0 Å². The topological polar surface area (TPSA) is 138 Å². The first-order valence-corrected chi connectivity index (χ1v) is 13.4. The SMILES string of the molecule is C[C@@H](CC(=O)c1cc(N2CCC(CC(=O)O)CC2)ncn1)c1ncc(C(=O)Nc2cc(C(F)(F)F)c(Cl)cn2)s1. The van der Waals surface area contributed by atoms with E-state index in [0.29, 0.717) is 42.8 Å². The summed E-state index contributed by atoms with van der Waals surface area (Å²) in [5, 5.41) is 11.2. The van der Waals surface area contributed by atoms with Crippen molar-refractivity contribution in [1.29, 1.82) is 0 Å². The molecule has 1 aliphatic heterocycles. The van der Waals surface area contributed by atoms with Crippen LogP contribution in [0.1, 0.15) is 69.3 Å². The van der Waals surface area contributed by atoms with Gasteiger partial charge >= 0.3 is 12.1 Å². The van der Waals surface area contributed by atoms with Crippen LogP contribution in [0.3, 0.4) is 0 Å². The van der Waals surface area contributed by atoms with Crippen molar-refractivity contribution in [3.63, 3.8) is 0 Å². The molecule has 1 saturated heterocycles. The van der Waals surface area contributed by atoms with Crippen molar-refractivity contribution in [2.75, 3.05) is 23.3 Å². The van der Waals surface area contributed by atoms with E-state index in [1.165, 1.54) is 12.5 Å². The fraction of sp³-hybridized carbons (Fsp3) is 0.400. The summed E-state index contributed by atoms with van der Waals surface area (Å²) in [6.45, 7) is 3.03. The summed E-state index contributed by atoms with van der Waals surface area (Å²) < 4.78 is 39.3. The van der Waals surface area contributed by atoms with Gasteiger partial charge in [0, 0.05) is 44.1 Å². The number of thiazole rings is 1. The number of carboxylic acids is 1. The maximum atomic E-state index is 13.1. The van der Waals surface area contributed by atoms with E-state index < -0.39 is 28.6 Å². The smallest absolute Gasteiger partial charge is 0.418 e. The highest BCUT2D eigenvalue weighted by Crippen LogP contribution is 2.35. The fourth-order valence-corrected chi connectivity index (χ4v) is 5.35. The lowest BCUT2D eigenvalue weighted by Crippen LogP contribution is -2.35. The number of nitrogens with zero attached hydrogens (tertiary/aromatic N) is 5. The van der Waals surface area contributed by atoms with Crippen LogP contribution in [0, 0.1) is 5.92 Å². The number of aliphatic carboxylic acids is 1. The molecule has 40 heavy (non-hydrogen) atoms. The average molecular weight is 597 g/mol. The van der Waals surface area contributed by atoms with E-state index >= 15 is 0 Å². The monoisotopic (exact) mass is 596 g/mol. The second kappa shape index (κ2) is 12.3. The van der Waals surface area contributed by atoms with Crippen LogP contribution in [0.4, 0.5) is 24.8 Å². The minimum Gasteiger partial charge on any atom is -0.481 e. The summed E-state index contributed by atoms with van der Waals surface area (Å²) in [5.41, 5.74) is -0.888. The largest absolute Gasteiger partial charge is 0.481 e. The van der Waals surface area contributed by atoms with E-state index in [9.17, 15) is 27.6 Å². The Hall–Kier alpha value is -3.65. The number of nitrogens with one attached hydrogen (secondary N) is 1. The molecule has 0 saturated carbocycles. The molecule has 0 radical (unpaired) electrons. The zero-order valence-corrected chi connectivity index (χ0v) is 22.7. The number of halogens is 4. The van der Waals surface area contributed by atoms with Crippen LogP contribution in [0.5, 0.6) is 0 Å². The van der Waals surface area contributed by atoms with E-state index in [4.69, 9.17) is 16.7 Å². The van der Waals surface area contributed by atoms with Gasteiger partial charge in [-0.1, -0.05) is 18.5 Å². The summed E-state index contributed by atoms with van der Waals surface area (Å²) in [4.78, 5) is 55.0. The first-order chi connectivity index (χ1) is 18.9. The lowest BCUT2D eigenvalue weighted by molar-refractivity contribution is -0.138. The van der Waals surface area contributed by atoms with Crippen molar-refractivity contribution in [1.82, 2.24) is 19.9 Å². The number of amides is 1. The third-order valence-corrected chi connectivity index (χ3v) is 7.93. The zero-order valence-electron chi connectivity index (χ0n) is 21.1. The maximum absolute atomic E-state index is 13.1. The van der Waals surface area contributed by atoms with Crippen molar-refractivity contribution < 1.29 is 32.7 Å². The van der Waals surface area contributed by atoms with Gasteiger partial charge in [0.2, 0.25) is 0 Å². The number of rotatable bonds is 9. The number of carboxylic acid groups (broad SMARTS) is 1. The molecule has 0 aromatic carbocycles. The summed E-state index contributed by atoms with van der Waals surface area (Å²) in [6, 6.07) is 2.26. The normalized spacial score (nSPS) is 15.1. The van der Waals surface area contributed by atoms with Gasteiger partial charge in [-0.25, -0.2) is 19.9 Å². The highest BCUT2D eigenvalue weighted by atomic mass is 35.5. The number of carbonyl (C=O) groups excluding carboxylic acids is 2. The summed E-state index contributed by atoms with van der Waals surface area (Å²) in [7, 11) is 0. The van der Waals surface area contributed by atoms with E-state index in [2.05, 4.69) is 25.3 Å². The van der Waals surface area contributed by atoms with Crippen LogP contribution >= 0.6 is 22.9 Å². The lowest BCUT2D eigenvalue weighted by Gasteiger charge is -2.32. The first-order valence-electron chi connectivity index (χ1n) is 12.2. The van der Waals surface area contributed by atoms with Gasteiger partial charge in [-0.2, -0.15) is 13.2 Å². The lowest BCUT2D eigenvalue weighted by atomic mass is 9.93. The summed E-state index contributed by atoms with van der Waals surface area (Å²) in [5.74, 6) is -1.73. The molecule has 0 aliphatic carbocycles. The number of alkyl halides is 3. The van der Waals surface area contributed by atoms with Crippen LogP contribution in [-0.2, 0) is 11.0 Å². The molecule has 0 spiro atoms. The van der Waals surface area contributed by atoms with Crippen molar-refractivity contribution in [3.05, 3.63) is 57.0 Å².